The summed E-state index contributed by atoms with van der Waals surface area (Å²) in [7, 11) is 0. The van der Waals surface area contributed by atoms with Crippen LogP contribution >= 0.6 is 0 Å². The zero-order chi connectivity index (χ0) is 15.4. The maximum atomic E-state index is 12.0. The lowest BCUT2D eigenvalue weighted by Crippen LogP contribution is -2.31. The fourth-order valence-electron chi connectivity index (χ4n) is 2.59. The van der Waals surface area contributed by atoms with E-state index in [0.717, 1.165) is 16.9 Å². The van der Waals surface area contributed by atoms with Crippen LogP contribution in [0, 0.1) is 0 Å². The molecule has 112 valence electrons. The van der Waals surface area contributed by atoms with E-state index in [2.05, 4.69) is 16.0 Å². The number of carbonyl (C=O) groups is 2. The molecule has 0 saturated heterocycles. The van der Waals surface area contributed by atoms with Gasteiger partial charge in [0.1, 0.15) is 0 Å². The van der Waals surface area contributed by atoms with Crippen molar-refractivity contribution in [2.75, 3.05) is 17.2 Å². The Morgan fingerprint density at radius 1 is 1.05 bits per heavy atom. The zero-order valence-electron chi connectivity index (χ0n) is 12.0. The molecule has 0 saturated carbocycles. The van der Waals surface area contributed by atoms with Gasteiger partial charge in [0.05, 0.1) is 5.92 Å². The molecule has 2 aromatic carbocycles. The molecule has 0 unspecified atom stereocenters. The van der Waals surface area contributed by atoms with Crippen molar-refractivity contribution < 1.29 is 9.59 Å². The van der Waals surface area contributed by atoms with Gasteiger partial charge in [-0.3, -0.25) is 4.79 Å². The van der Waals surface area contributed by atoms with Crippen molar-refractivity contribution in [1.29, 1.82) is 0 Å². The van der Waals surface area contributed by atoms with Crippen molar-refractivity contribution in [3.63, 3.8) is 0 Å². The topological polar surface area (TPSA) is 70.2 Å². The molecule has 0 bridgehead atoms. The largest absolute Gasteiger partial charge is 0.338 e. The van der Waals surface area contributed by atoms with Crippen LogP contribution < -0.4 is 16.0 Å². The summed E-state index contributed by atoms with van der Waals surface area (Å²) in [6.07, 6.45) is 0.574. The van der Waals surface area contributed by atoms with Gasteiger partial charge < -0.3 is 16.0 Å². The second kappa shape index (κ2) is 6.30. The minimum absolute atomic E-state index is 0.00790. The average Bonchev–Trinajstić information content (AvgIpc) is 2.84. The Morgan fingerprint density at radius 3 is 2.59 bits per heavy atom. The molecule has 0 fully saturated rings. The maximum Gasteiger partial charge on any atom is 0.319 e. The van der Waals surface area contributed by atoms with E-state index in [1.165, 1.54) is 0 Å². The molecule has 0 aromatic heterocycles. The van der Waals surface area contributed by atoms with Gasteiger partial charge in [-0.2, -0.15) is 0 Å². The molecule has 5 heteroatoms. The molecule has 1 aliphatic heterocycles. The summed E-state index contributed by atoms with van der Waals surface area (Å²) < 4.78 is 0. The van der Waals surface area contributed by atoms with E-state index >= 15 is 0 Å². The Balaban J connectivity index is 1.51. The first-order valence-corrected chi connectivity index (χ1v) is 7.24. The van der Waals surface area contributed by atoms with Crippen molar-refractivity contribution in [3.8, 4) is 0 Å². The summed E-state index contributed by atoms with van der Waals surface area (Å²) in [5.74, 6) is -0.209. The van der Waals surface area contributed by atoms with E-state index in [-0.39, 0.29) is 17.9 Å². The second-order valence-electron chi connectivity index (χ2n) is 5.16. The molecule has 1 aliphatic rings. The number of fused-ring (bicyclic) bond motifs is 1. The smallest absolute Gasteiger partial charge is 0.319 e. The zero-order valence-corrected chi connectivity index (χ0v) is 12.0. The number of hydrogen-bond acceptors (Lipinski definition) is 2. The van der Waals surface area contributed by atoms with Crippen LogP contribution in [-0.4, -0.2) is 18.5 Å². The first kappa shape index (κ1) is 14.1. The van der Waals surface area contributed by atoms with E-state index in [0.29, 0.717) is 13.0 Å². The molecule has 0 aliphatic carbocycles. The minimum Gasteiger partial charge on any atom is -0.338 e. The second-order valence-corrected chi connectivity index (χ2v) is 5.16. The average molecular weight is 295 g/mol. The van der Waals surface area contributed by atoms with Gasteiger partial charge in [0.25, 0.3) is 0 Å². The predicted octanol–water partition coefficient (Wildman–Crippen LogP) is 2.93. The third-order valence-electron chi connectivity index (χ3n) is 3.66. The van der Waals surface area contributed by atoms with Crippen LogP contribution in [0.3, 0.4) is 0 Å². The van der Waals surface area contributed by atoms with E-state index in [1.54, 1.807) is 0 Å². The molecule has 22 heavy (non-hydrogen) atoms. The van der Waals surface area contributed by atoms with Gasteiger partial charge in [-0.15, -0.1) is 0 Å². The molecule has 1 heterocycles. The standard InChI is InChI=1S/C17H17N3O2/c21-16-14(13-8-4-5-9-15(13)20-16)10-11-18-17(22)19-12-6-2-1-3-7-12/h1-9,14H,10-11H2,(H,20,21)(H2,18,19,22)/t14-/m1/s1. The lowest BCUT2D eigenvalue weighted by molar-refractivity contribution is -0.117. The summed E-state index contributed by atoms with van der Waals surface area (Å²) in [6, 6.07) is 16.6. The number of para-hydroxylation sites is 2. The maximum absolute atomic E-state index is 12.0. The number of benzene rings is 2. The van der Waals surface area contributed by atoms with Crippen LogP contribution in [0.25, 0.3) is 0 Å². The molecule has 5 nitrogen and oxygen atoms in total. The molecule has 0 radical (unpaired) electrons. The summed E-state index contributed by atoms with van der Waals surface area (Å²) in [5.41, 5.74) is 2.60. The Morgan fingerprint density at radius 2 is 1.77 bits per heavy atom. The number of urea groups is 1. The van der Waals surface area contributed by atoms with Crippen molar-refractivity contribution in [3.05, 3.63) is 60.2 Å². The van der Waals surface area contributed by atoms with Gasteiger partial charge in [0.2, 0.25) is 5.91 Å². The fraction of sp³-hybridized carbons (Fsp3) is 0.176. The molecule has 0 spiro atoms. The first-order valence-electron chi connectivity index (χ1n) is 7.24. The quantitative estimate of drug-likeness (QED) is 0.811. The number of hydrogen-bond donors (Lipinski definition) is 3. The van der Waals surface area contributed by atoms with Gasteiger partial charge in [0.15, 0.2) is 0 Å². The highest BCUT2D eigenvalue weighted by atomic mass is 16.2. The van der Waals surface area contributed by atoms with Crippen LogP contribution in [0.5, 0.6) is 0 Å². The molecule has 3 N–H and O–H groups in total. The van der Waals surface area contributed by atoms with E-state index < -0.39 is 0 Å². The van der Waals surface area contributed by atoms with Gasteiger partial charge >= 0.3 is 6.03 Å². The monoisotopic (exact) mass is 295 g/mol. The molecule has 3 rings (SSSR count). The summed E-state index contributed by atoms with van der Waals surface area (Å²) in [6.45, 7) is 0.436. The Labute approximate surface area is 128 Å². The highest BCUT2D eigenvalue weighted by Gasteiger charge is 2.29. The highest BCUT2D eigenvalue weighted by Crippen LogP contribution is 2.33. The van der Waals surface area contributed by atoms with Gasteiger partial charge in [-0.25, -0.2) is 4.79 Å². The fourth-order valence-corrected chi connectivity index (χ4v) is 2.59. The Kier molecular flexibility index (Phi) is 4.05. The third kappa shape index (κ3) is 3.09. The first-order chi connectivity index (χ1) is 10.7. The lowest BCUT2D eigenvalue weighted by atomic mass is 9.97. The Hall–Kier alpha value is -2.82. The highest BCUT2D eigenvalue weighted by molar-refractivity contribution is 6.02. The molecular formula is C17H17N3O2. The normalized spacial score (nSPS) is 15.8. The number of rotatable bonds is 4. The Bertz CT molecular complexity index is 685. The molecular weight excluding hydrogens is 278 g/mol. The molecule has 2 aromatic rings. The van der Waals surface area contributed by atoms with Gasteiger partial charge in [-0.05, 0) is 30.2 Å². The summed E-state index contributed by atoms with van der Waals surface area (Å²) in [4.78, 5) is 23.7. The minimum atomic E-state index is -0.266. The SMILES string of the molecule is O=C(NCC[C@H]1C(=O)Nc2ccccc21)Nc1ccccc1. The van der Waals surface area contributed by atoms with Crippen molar-refractivity contribution >= 4 is 23.3 Å². The lowest BCUT2D eigenvalue weighted by Gasteiger charge is -2.10. The van der Waals surface area contributed by atoms with Crippen LogP contribution in [0.1, 0.15) is 17.9 Å². The van der Waals surface area contributed by atoms with Crippen molar-refractivity contribution in [2.24, 2.45) is 0 Å². The van der Waals surface area contributed by atoms with Crippen LogP contribution in [0.15, 0.2) is 54.6 Å². The number of carbonyl (C=O) groups excluding carboxylic acids is 2. The summed E-state index contributed by atoms with van der Waals surface area (Å²) in [5, 5.41) is 8.38. The van der Waals surface area contributed by atoms with Gasteiger partial charge in [0, 0.05) is 17.9 Å². The number of amides is 3. The van der Waals surface area contributed by atoms with E-state index in [4.69, 9.17) is 0 Å². The van der Waals surface area contributed by atoms with Crippen molar-refractivity contribution in [2.45, 2.75) is 12.3 Å². The number of anilines is 2. The molecule has 3 amide bonds. The van der Waals surface area contributed by atoms with Gasteiger partial charge in [-0.1, -0.05) is 36.4 Å². The van der Waals surface area contributed by atoms with Crippen LogP contribution in [0.4, 0.5) is 16.2 Å². The third-order valence-corrected chi connectivity index (χ3v) is 3.66. The van der Waals surface area contributed by atoms with E-state index in [9.17, 15) is 9.59 Å². The van der Waals surface area contributed by atoms with Crippen LogP contribution in [-0.2, 0) is 4.79 Å². The van der Waals surface area contributed by atoms with Crippen molar-refractivity contribution in [1.82, 2.24) is 5.32 Å². The number of nitrogens with one attached hydrogen (secondary N) is 3. The predicted molar refractivity (Wildman–Crippen MR) is 85.9 cm³/mol. The van der Waals surface area contributed by atoms with Crippen LogP contribution in [0.2, 0.25) is 0 Å². The van der Waals surface area contributed by atoms with E-state index in [1.807, 2.05) is 54.6 Å². The molecule has 1 atom stereocenters. The summed E-state index contributed by atoms with van der Waals surface area (Å²) >= 11 is 0.